The maximum atomic E-state index is 3.49. The molecule has 150 valence electrons. The van der Waals surface area contributed by atoms with Crippen LogP contribution in [0.1, 0.15) is 48.9 Å². The Morgan fingerprint density at radius 2 is 1.31 bits per heavy atom. The minimum Gasteiger partial charge on any atom is -0.358 e. The van der Waals surface area contributed by atoms with Gasteiger partial charge in [-0.05, 0) is 19.3 Å². The molecule has 0 fully saturated rings. The third kappa shape index (κ3) is 9.21. The molecule has 1 atom stereocenters. The van der Waals surface area contributed by atoms with Gasteiger partial charge in [-0.1, -0.05) is 43.9 Å². The van der Waals surface area contributed by atoms with Crippen LogP contribution in [-0.4, -0.2) is 0 Å². The van der Waals surface area contributed by atoms with E-state index in [1.165, 1.54) is 22.3 Å². The Kier molecular flexibility index (Phi) is 21.2. The van der Waals surface area contributed by atoms with Crippen molar-refractivity contribution in [3.8, 4) is 0 Å². The minimum atomic E-state index is 0. The topological polar surface area (TPSA) is 0 Å². The molecular formula is C25H39Hf-7. The van der Waals surface area contributed by atoms with Gasteiger partial charge in [0.2, 0.25) is 0 Å². The van der Waals surface area contributed by atoms with E-state index in [0.29, 0.717) is 5.92 Å². The molecule has 3 rings (SSSR count). The number of hydrogen-bond donors (Lipinski definition) is 0. The van der Waals surface area contributed by atoms with Crippen LogP contribution >= 0.6 is 0 Å². The number of hydrogen-bond acceptors (Lipinski definition) is 0. The van der Waals surface area contributed by atoms with Crippen molar-refractivity contribution >= 4 is 6.08 Å². The van der Waals surface area contributed by atoms with Crippen molar-refractivity contribution in [3.63, 3.8) is 0 Å². The molecule has 0 aromatic heterocycles. The molecule has 0 spiro atoms. The van der Waals surface area contributed by atoms with Crippen molar-refractivity contribution in [3.05, 3.63) is 108 Å². The zero-order valence-corrected chi connectivity index (χ0v) is 22.3. The van der Waals surface area contributed by atoms with Crippen LogP contribution in [0, 0.1) is 62.5 Å². The maximum Gasteiger partial charge on any atom is 0 e. The van der Waals surface area contributed by atoms with Gasteiger partial charge in [-0.15, -0.1) is 11.6 Å². The fraction of sp³-hybridized carbons (Fsp3) is 0.280. The zero-order chi connectivity index (χ0) is 14.8. The molecule has 1 unspecified atom stereocenters. The number of aryl methyl sites for hydroxylation is 2. The first-order valence-electron chi connectivity index (χ1n) is 7.26. The molecule has 0 heterocycles. The largest absolute Gasteiger partial charge is 0.358 e. The second-order valence-electron chi connectivity index (χ2n) is 6.64. The van der Waals surface area contributed by atoms with E-state index in [1.54, 1.807) is 0 Å². The molecule has 0 radical (unpaired) electrons. The molecule has 2 aromatic carbocycles. The molecule has 1 aliphatic rings. The molecule has 0 amide bonds. The summed E-state index contributed by atoms with van der Waals surface area (Å²) in [6, 6.07) is 14.6. The van der Waals surface area contributed by atoms with Crippen LogP contribution in [0.25, 0.3) is 6.08 Å². The summed E-state index contributed by atoms with van der Waals surface area (Å²) in [7, 11) is 0. The van der Waals surface area contributed by atoms with E-state index in [0.717, 1.165) is 0 Å². The van der Waals surface area contributed by atoms with Gasteiger partial charge in [-0.3, -0.25) is 6.08 Å². The van der Waals surface area contributed by atoms with Gasteiger partial charge in [0.15, 0.2) is 0 Å². The first-order chi connectivity index (χ1) is 9.39. The van der Waals surface area contributed by atoms with Gasteiger partial charge in [-0.25, -0.2) is 18.2 Å². The van der Waals surface area contributed by atoms with Crippen molar-refractivity contribution in [1.29, 1.82) is 0 Å². The average Bonchev–Trinajstić information content (AvgIpc) is 3.00. The van der Waals surface area contributed by atoms with Crippen LogP contribution in [0.2, 0.25) is 0 Å². The van der Waals surface area contributed by atoms with Gasteiger partial charge in [0.1, 0.15) is 0 Å². The summed E-state index contributed by atoms with van der Waals surface area (Å²) in [6.07, 6.45) is 5.64. The normalized spacial score (nSPS) is 12.7. The molecule has 26 heavy (non-hydrogen) atoms. The van der Waals surface area contributed by atoms with E-state index in [1.807, 2.05) is 30.3 Å². The standard InChI is InChI=1S/C15H19.C5H5.5CH3.Hf/c1-10-8-12-6-7-14(15(3,4)5)13(12)9-11(10)2;1-2-4-5-3-1;;;;;;/h6,8-9,14H,1-5H3;1-5H;5*1H3;/q7*-1;. The Morgan fingerprint density at radius 3 is 1.69 bits per heavy atom. The summed E-state index contributed by atoms with van der Waals surface area (Å²) in [5.41, 5.74) is 5.84. The quantitative estimate of drug-likeness (QED) is 0.246. The van der Waals surface area contributed by atoms with Crippen LogP contribution < -0.4 is 0 Å². The zero-order valence-electron chi connectivity index (χ0n) is 18.7. The Labute approximate surface area is 185 Å². The Bertz CT molecular complexity index is 566. The monoisotopic (exact) mass is 519 g/mol. The molecule has 1 heteroatoms. The van der Waals surface area contributed by atoms with Gasteiger partial charge in [0.25, 0.3) is 0 Å². The first kappa shape index (κ1) is 36.2. The number of benzene rings is 1. The van der Waals surface area contributed by atoms with Crippen LogP contribution in [0.4, 0.5) is 0 Å². The van der Waals surface area contributed by atoms with Crippen LogP contribution in [0.5, 0.6) is 0 Å². The van der Waals surface area contributed by atoms with Crippen LogP contribution in [0.3, 0.4) is 0 Å². The average molecular weight is 518 g/mol. The predicted octanol–water partition coefficient (Wildman–Crippen LogP) is 7.92. The predicted molar refractivity (Wildman–Crippen MR) is 120 cm³/mol. The van der Waals surface area contributed by atoms with Crippen molar-refractivity contribution in [2.45, 2.75) is 40.5 Å². The van der Waals surface area contributed by atoms with Gasteiger partial charge < -0.3 is 37.1 Å². The van der Waals surface area contributed by atoms with Gasteiger partial charge >= 0.3 is 0 Å². The second kappa shape index (κ2) is 15.3. The van der Waals surface area contributed by atoms with E-state index >= 15 is 0 Å². The van der Waals surface area contributed by atoms with Crippen LogP contribution in [0.15, 0.2) is 42.5 Å². The maximum absolute atomic E-state index is 3.49. The molecule has 0 saturated heterocycles. The summed E-state index contributed by atoms with van der Waals surface area (Å²) >= 11 is 0. The van der Waals surface area contributed by atoms with E-state index in [4.69, 9.17) is 0 Å². The third-order valence-corrected chi connectivity index (χ3v) is 3.84. The summed E-state index contributed by atoms with van der Waals surface area (Å²) in [4.78, 5) is 0. The molecule has 0 aliphatic heterocycles. The van der Waals surface area contributed by atoms with Gasteiger partial charge in [-0.2, -0.15) is 23.8 Å². The molecule has 0 N–H and O–H groups in total. The SMILES string of the molecule is Cc1cc2c(cc1C)C(C(C)(C)C)[C-]=C2.[CH3-].[CH3-].[CH3-].[CH3-].[CH3-].[Hf].c1cc[cH-]c1. The molecule has 1 aliphatic carbocycles. The molecule has 0 saturated carbocycles. The number of allylic oxidation sites excluding steroid dienone is 1. The van der Waals surface area contributed by atoms with Gasteiger partial charge in [0.05, 0.1) is 0 Å². The van der Waals surface area contributed by atoms with Crippen molar-refractivity contribution < 1.29 is 25.8 Å². The Morgan fingerprint density at radius 1 is 0.846 bits per heavy atom. The first-order valence-corrected chi connectivity index (χ1v) is 7.26. The molecule has 0 bridgehead atoms. The minimum absolute atomic E-state index is 0. The number of fused-ring (bicyclic) bond motifs is 1. The van der Waals surface area contributed by atoms with E-state index < -0.39 is 0 Å². The van der Waals surface area contributed by atoms with Crippen LogP contribution in [-0.2, 0) is 25.8 Å². The van der Waals surface area contributed by atoms with E-state index in [-0.39, 0.29) is 68.4 Å². The third-order valence-electron chi connectivity index (χ3n) is 3.84. The Hall–Kier alpha value is -0.820. The Balaban J connectivity index is -0.000000118. The summed E-state index contributed by atoms with van der Waals surface area (Å²) in [5, 5.41) is 0. The number of rotatable bonds is 0. The summed E-state index contributed by atoms with van der Waals surface area (Å²) in [6.45, 7) is 11.2. The molecule has 2 aromatic rings. The van der Waals surface area contributed by atoms with Crippen molar-refractivity contribution in [2.24, 2.45) is 5.41 Å². The molecule has 0 nitrogen and oxygen atoms in total. The fourth-order valence-electron chi connectivity index (χ4n) is 2.54. The fourth-order valence-corrected chi connectivity index (χ4v) is 2.54. The summed E-state index contributed by atoms with van der Waals surface area (Å²) < 4.78 is 0. The van der Waals surface area contributed by atoms with Crippen molar-refractivity contribution in [2.75, 3.05) is 0 Å². The summed E-state index contributed by atoms with van der Waals surface area (Å²) in [5.74, 6) is 0.451. The smallest absolute Gasteiger partial charge is 0 e. The van der Waals surface area contributed by atoms with Gasteiger partial charge in [0, 0.05) is 25.8 Å². The van der Waals surface area contributed by atoms with E-state index in [9.17, 15) is 0 Å². The van der Waals surface area contributed by atoms with Crippen molar-refractivity contribution in [1.82, 2.24) is 0 Å². The second-order valence-corrected chi connectivity index (χ2v) is 6.64. The van der Waals surface area contributed by atoms with E-state index in [2.05, 4.69) is 58.9 Å². The molecular weight excluding hydrogens is 479 g/mol.